The average molecular weight is 201 g/mol. The fourth-order valence-electron chi connectivity index (χ4n) is 1.53. The summed E-state index contributed by atoms with van der Waals surface area (Å²) in [6, 6.07) is -0.469. The minimum absolute atomic E-state index is 0.320. The molecular formula is C10H19NO3. The topological polar surface area (TPSA) is 49.8 Å². The van der Waals surface area contributed by atoms with Crippen LogP contribution in [0.3, 0.4) is 0 Å². The highest BCUT2D eigenvalue weighted by Gasteiger charge is 2.31. The van der Waals surface area contributed by atoms with Gasteiger partial charge in [-0.2, -0.15) is 5.06 Å². The maximum atomic E-state index is 11.6. The first-order valence-electron chi connectivity index (χ1n) is 5.08. The zero-order valence-corrected chi connectivity index (χ0v) is 9.12. The maximum absolute atomic E-state index is 11.6. The van der Waals surface area contributed by atoms with Crippen LogP contribution < -0.4 is 0 Å². The molecule has 1 aliphatic rings. The molecule has 0 saturated carbocycles. The number of hydrogen-bond donors (Lipinski definition) is 1. The maximum Gasteiger partial charge on any atom is 0.326 e. The molecule has 1 N–H and O–H groups in total. The van der Waals surface area contributed by atoms with Crippen molar-refractivity contribution in [2.24, 2.45) is 0 Å². The average Bonchev–Trinajstić information content (AvgIpc) is 2.01. The Kier molecular flexibility index (Phi) is 3.50. The summed E-state index contributed by atoms with van der Waals surface area (Å²) in [5.41, 5.74) is -0.477. The lowest BCUT2D eigenvalue weighted by molar-refractivity contribution is -0.189. The Bertz CT molecular complexity index is 210. The van der Waals surface area contributed by atoms with Crippen LogP contribution >= 0.6 is 0 Å². The van der Waals surface area contributed by atoms with Gasteiger partial charge in [-0.25, -0.2) is 0 Å². The highest BCUT2D eigenvalue weighted by atomic mass is 16.6. The van der Waals surface area contributed by atoms with Crippen LogP contribution in [0.2, 0.25) is 0 Å². The molecule has 14 heavy (non-hydrogen) atoms. The van der Waals surface area contributed by atoms with Crippen molar-refractivity contribution in [3.05, 3.63) is 0 Å². The number of carbonyl (C=O) groups is 1. The van der Waals surface area contributed by atoms with Gasteiger partial charge in [0.05, 0.1) is 0 Å². The molecule has 4 nitrogen and oxygen atoms in total. The van der Waals surface area contributed by atoms with Crippen molar-refractivity contribution in [2.45, 2.75) is 51.7 Å². The normalized spacial score (nSPS) is 24.7. The third-order valence-corrected chi connectivity index (χ3v) is 2.15. The lowest BCUT2D eigenvalue weighted by Crippen LogP contribution is -2.45. The summed E-state index contributed by atoms with van der Waals surface area (Å²) < 4.78 is 5.21. The highest BCUT2D eigenvalue weighted by Crippen LogP contribution is 2.18. The molecule has 0 aliphatic carbocycles. The quantitative estimate of drug-likeness (QED) is 0.654. The Hall–Kier alpha value is -0.610. The zero-order chi connectivity index (χ0) is 10.8. The summed E-state index contributed by atoms with van der Waals surface area (Å²) in [5, 5.41) is 10.6. The first kappa shape index (κ1) is 11.5. The number of hydrogen-bond acceptors (Lipinski definition) is 4. The molecule has 1 heterocycles. The molecule has 0 aromatic rings. The van der Waals surface area contributed by atoms with Crippen LogP contribution in [0.5, 0.6) is 0 Å². The zero-order valence-electron chi connectivity index (χ0n) is 9.12. The van der Waals surface area contributed by atoms with Crippen LogP contribution in [-0.4, -0.2) is 34.4 Å². The summed E-state index contributed by atoms with van der Waals surface area (Å²) in [4.78, 5) is 11.6. The number of piperidine rings is 1. The van der Waals surface area contributed by atoms with Crippen molar-refractivity contribution < 1.29 is 14.7 Å². The van der Waals surface area contributed by atoms with Gasteiger partial charge in [-0.05, 0) is 40.0 Å². The summed E-state index contributed by atoms with van der Waals surface area (Å²) in [6.07, 6.45) is 2.60. The van der Waals surface area contributed by atoms with E-state index >= 15 is 0 Å². The molecule has 1 saturated heterocycles. The van der Waals surface area contributed by atoms with Crippen LogP contribution in [-0.2, 0) is 9.53 Å². The third-order valence-electron chi connectivity index (χ3n) is 2.15. The van der Waals surface area contributed by atoms with Crippen molar-refractivity contribution in [2.75, 3.05) is 6.54 Å². The molecule has 0 aromatic heterocycles. The van der Waals surface area contributed by atoms with Gasteiger partial charge in [0.15, 0.2) is 0 Å². The van der Waals surface area contributed by atoms with E-state index in [0.29, 0.717) is 13.0 Å². The molecule has 1 fully saturated rings. The van der Waals surface area contributed by atoms with Gasteiger partial charge in [-0.3, -0.25) is 4.79 Å². The van der Waals surface area contributed by atoms with Crippen LogP contribution in [0, 0.1) is 0 Å². The second-order valence-corrected chi connectivity index (χ2v) is 4.71. The first-order chi connectivity index (χ1) is 6.40. The second-order valence-electron chi connectivity index (χ2n) is 4.71. The van der Waals surface area contributed by atoms with Gasteiger partial charge in [0.1, 0.15) is 11.6 Å². The Morgan fingerprint density at radius 1 is 1.43 bits per heavy atom. The molecule has 1 atom stereocenters. The van der Waals surface area contributed by atoms with E-state index in [9.17, 15) is 10.0 Å². The van der Waals surface area contributed by atoms with Crippen LogP contribution in [0.4, 0.5) is 0 Å². The molecule has 1 rings (SSSR count). The van der Waals surface area contributed by atoms with E-state index in [1.54, 1.807) is 0 Å². The van der Waals surface area contributed by atoms with Crippen LogP contribution in [0.1, 0.15) is 40.0 Å². The van der Waals surface area contributed by atoms with E-state index in [4.69, 9.17) is 4.74 Å². The Morgan fingerprint density at radius 2 is 2.07 bits per heavy atom. The van der Waals surface area contributed by atoms with E-state index in [-0.39, 0.29) is 5.97 Å². The predicted octanol–water partition coefficient (Wildman–Crippen LogP) is 1.57. The molecule has 4 heteroatoms. The molecule has 0 unspecified atom stereocenters. The molecule has 0 amide bonds. The number of esters is 1. The molecule has 0 bridgehead atoms. The van der Waals surface area contributed by atoms with Gasteiger partial charge in [-0.15, -0.1) is 0 Å². The van der Waals surface area contributed by atoms with Crippen molar-refractivity contribution in [1.29, 1.82) is 0 Å². The van der Waals surface area contributed by atoms with E-state index in [1.165, 1.54) is 0 Å². The fraction of sp³-hybridized carbons (Fsp3) is 0.900. The summed E-state index contributed by atoms with van der Waals surface area (Å²) in [7, 11) is 0. The number of ether oxygens (including phenoxy) is 1. The number of hydroxylamine groups is 2. The highest BCUT2D eigenvalue weighted by molar-refractivity contribution is 5.76. The van der Waals surface area contributed by atoms with Crippen molar-refractivity contribution in [1.82, 2.24) is 5.06 Å². The van der Waals surface area contributed by atoms with E-state index in [0.717, 1.165) is 17.9 Å². The third kappa shape index (κ3) is 3.27. The lowest BCUT2D eigenvalue weighted by Gasteiger charge is -2.31. The molecule has 82 valence electrons. The summed E-state index contributed by atoms with van der Waals surface area (Å²) in [6.45, 7) is 6.05. The van der Waals surface area contributed by atoms with E-state index in [2.05, 4.69) is 0 Å². The van der Waals surface area contributed by atoms with Crippen LogP contribution in [0.25, 0.3) is 0 Å². The standard InChI is InChI=1S/C10H19NO3/c1-10(2,3)14-9(12)8-6-4-5-7-11(8)13/h8,13H,4-7H2,1-3H3/t8-/m0/s1. The van der Waals surface area contributed by atoms with Crippen molar-refractivity contribution in [3.8, 4) is 0 Å². The van der Waals surface area contributed by atoms with Crippen LogP contribution in [0.15, 0.2) is 0 Å². The van der Waals surface area contributed by atoms with Gasteiger partial charge >= 0.3 is 5.97 Å². The Morgan fingerprint density at radius 3 is 2.57 bits per heavy atom. The Balaban J connectivity index is 2.50. The molecule has 0 aromatic carbocycles. The summed E-state index contributed by atoms with van der Waals surface area (Å²) in [5.74, 6) is -0.320. The number of carbonyl (C=O) groups excluding carboxylic acids is 1. The molecule has 1 aliphatic heterocycles. The molecular weight excluding hydrogens is 182 g/mol. The van der Waals surface area contributed by atoms with Gasteiger partial charge in [0, 0.05) is 6.54 Å². The molecule has 0 spiro atoms. The Labute approximate surface area is 84.8 Å². The monoisotopic (exact) mass is 201 g/mol. The van der Waals surface area contributed by atoms with E-state index in [1.807, 2.05) is 20.8 Å². The van der Waals surface area contributed by atoms with Gasteiger partial charge in [0.2, 0.25) is 0 Å². The van der Waals surface area contributed by atoms with Crippen molar-refractivity contribution >= 4 is 5.97 Å². The summed E-state index contributed by atoms with van der Waals surface area (Å²) >= 11 is 0. The largest absolute Gasteiger partial charge is 0.459 e. The molecule has 0 radical (unpaired) electrons. The van der Waals surface area contributed by atoms with E-state index < -0.39 is 11.6 Å². The SMILES string of the molecule is CC(C)(C)OC(=O)[C@@H]1CCCCN1O. The lowest BCUT2D eigenvalue weighted by atomic mass is 10.0. The number of rotatable bonds is 1. The number of nitrogens with zero attached hydrogens (tertiary/aromatic N) is 1. The van der Waals surface area contributed by atoms with Crippen molar-refractivity contribution in [3.63, 3.8) is 0 Å². The second kappa shape index (κ2) is 4.28. The smallest absolute Gasteiger partial charge is 0.326 e. The first-order valence-corrected chi connectivity index (χ1v) is 5.08. The van der Waals surface area contributed by atoms with Gasteiger partial charge < -0.3 is 9.94 Å². The minimum Gasteiger partial charge on any atom is -0.459 e. The van der Waals surface area contributed by atoms with Gasteiger partial charge in [-0.1, -0.05) is 0 Å². The predicted molar refractivity (Wildman–Crippen MR) is 52.0 cm³/mol. The minimum atomic E-state index is -0.477. The fourth-order valence-corrected chi connectivity index (χ4v) is 1.53. The van der Waals surface area contributed by atoms with Gasteiger partial charge in [0.25, 0.3) is 0 Å².